The van der Waals surface area contributed by atoms with Gasteiger partial charge in [0.15, 0.2) is 0 Å². The molecule has 0 atom stereocenters. The van der Waals surface area contributed by atoms with Crippen LogP contribution in [0.5, 0.6) is 0 Å². The molecule has 0 aliphatic carbocycles. The van der Waals surface area contributed by atoms with E-state index in [1.807, 2.05) is 18.2 Å². The van der Waals surface area contributed by atoms with Crippen LogP contribution < -0.4 is 5.32 Å². The van der Waals surface area contributed by atoms with E-state index in [-0.39, 0.29) is 17.3 Å². The van der Waals surface area contributed by atoms with Gasteiger partial charge in [0.05, 0.1) is 20.1 Å². The molecule has 0 saturated carbocycles. The van der Waals surface area contributed by atoms with Crippen molar-refractivity contribution in [1.82, 2.24) is 14.6 Å². The summed E-state index contributed by atoms with van der Waals surface area (Å²) in [5.41, 5.74) is 1.61. The number of para-hydroxylation sites is 1. The zero-order chi connectivity index (χ0) is 20.9. The third-order valence-corrected chi connectivity index (χ3v) is 7.60. The Bertz CT molecular complexity index is 1060. The van der Waals surface area contributed by atoms with E-state index in [4.69, 9.17) is 0 Å². The van der Waals surface area contributed by atoms with E-state index in [0.29, 0.717) is 12.0 Å². The van der Waals surface area contributed by atoms with Crippen molar-refractivity contribution in [2.24, 2.45) is 0 Å². The number of carbonyl (C=O) groups excluding carboxylic acids is 1. The molecule has 8 heteroatoms. The van der Waals surface area contributed by atoms with Crippen LogP contribution in [0.4, 0.5) is 0 Å². The highest BCUT2D eigenvalue weighted by Gasteiger charge is 2.20. The van der Waals surface area contributed by atoms with E-state index in [1.165, 1.54) is 23.1 Å². The maximum Gasteiger partial charge on any atom is 0.242 e. The van der Waals surface area contributed by atoms with E-state index in [1.54, 1.807) is 35.6 Å². The van der Waals surface area contributed by atoms with E-state index in [2.05, 4.69) is 16.4 Å². The molecule has 0 spiro atoms. The molecule has 0 saturated heterocycles. The summed E-state index contributed by atoms with van der Waals surface area (Å²) < 4.78 is 27.2. The molecule has 29 heavy (non-hydrogen) atoms. The van der Waals surface area contributed by atoms with Crippen molar-refractivity contribution in [3.8, 4) is 0 Å². The van der Waals surface area contributed by atoms with Gasteiger partial charge in [-0.25, -0.2) is 17.7 Å². The molecular weight excluding hydrogens is 406 g/mol. The fourth-order valence-corrected chi connectivity index (χ4v) is 5.09. The lowest BCUT2D eigenvalue weighted by molar-refractivity contribution is -0.121. The number of nitrogens with one attached hydrogen (secondary N) is 1. The van der Waals surface area contributed by atoms with Gasteiger partial charge in [0, 0.05) is 27.1 Å². The Balaban J connectivity index is 1.47. The Labute approximate surface area is 175 Å². The average molecular weight is 432 g/mol. The van der Waals surface area contributed by atoms with Crippen molar-refractivity contribution in [2.75, 3.05) is 14.1 Å². The minimum absolute atomic E-state index is 0.0775. The van der Waals surface area contributed by atoms with Crippen molar-refractivity contribution < 1.29 is 13.2 Å². The first kappa shape index (κ1) is 21.4. The number of benzene rings is 2. The molecule has 1 amide bonds. The third kappa shape index (κ3) is 5.41. The summed E-state index contributed by atoms with van der Waals surface area (Å²) in [4.78, 5) is 17.0. The van der Waals surface area contributed by atoms with Gasteiger partial charge >= 0.3 is 0 Å². The van der Waals surface area contributed by atoms with Gasteiger partial charge < -0.3 is 5.32 Å². The molecule has 1 heterocycles. The van der Waals surface area contributed by atoms with E-state index >= 15 is 0 Å². The summed E-state index contributed by atoms with van der Waals surface area (Å²) in [6.45, 7) is 0.194. The molecule has 0 fully saturated rings. The fraction of sp³-hybridized carbons (Fsp3) is 0.333. The maximum atomic E-state index is 12.4. The number of hydrogen-bond acceptors (Lipinski definition) is 5. The molecule has 0 bridgehead atoms. The summed E-state index contributed by atoms with van der Waals surface area (Å²) in [7, 11) is -0.550. The molecule has 0 aliphatic rings. The number of carbonyl (C=O) groups is 1. The molecule has 6 nitrogen and oxygen atoms in total. The molecule has 3 rings (SSSR count). The summed E-state index contributed by atoms with van der Waals surface area (Å²) in [5.74, 6) is -0.0775. The quantitative estimate of drug-likeness (QED) is 0.525. The lowest BCUT2D eigenvalue weighted by atomic mass is 10.2. The van der Waals surface area contributed by atoms with Crippen LogP contribution in [-0.4, -0.2) is 37.7 Å². The molecule has 3 aromatic rings. The number of aromatic nitrogens is 1. The van der Waals surface area contributed by atoms with Crippen LogP contribution >= 0.6 is 11.3 Å². The highest BCUT2D eigenvalue weighted by atomic mass is 32.2. The van der Waals surface area contributed by atoms with Gasteiger partial charge in [0.25, 0.3) is 0 Å². The highest BCUT2D eigenvalue weighted by Crippen LogP contribution is 2.23. The largest absolute Gasteiger partial charge is 0.352 e. The van der Waals surface area contributed by atoms with E-state index < -0.39 is 10.0 Å². The SMILES string of the molecule is CN(C)S(=O)(=O)c1ccccc1CNC(=O)CCCCc1nc2ccccc2s1. The fourth-order valence-electron chi connectivity index (χ4n) is 2.97. The van der Waals surface area contributed by atoms with Gasteiger partial charge in [-0.3, -0.25) is 4.79 Å². The van der Waals surface area contributed by atoms with Crippen molar-refractivity contribution in [3.63, 3.8) is 0 Å². The number of thiazole rings is 1. The van der Waals surface area contributed by atoms with Crippen LogP contribution in [0.25, 0.3) is 10.2 Å². The zero-order valence-corrected chi connectivity index (χ0v) is 18.2. The first-order valence-corrected chi connectivity index (χ1v) is 11.7. The summed E-state index contributed by atoms with van der Waals surface area (Å²) in [5, 5.41) is 3.93. The Morgan fingerprint density at radius 3 is 2.55 bits per heavy atom. The van der Waals surface area contributed by atoms with Crippen molar-refractivity contribution in [2.45, 2.75) is 37.1 Å². The van der Waals surface area contributed by atoms with Gasteiger partial charge in [0.1, 0.15) is 0 Å². The minimum atomic E-state index is -3.54. The number of aryl methyl sites for hydroxylation is 1. The van der Waals surface area contributed by atoms with Crippen molar-refractivity contribution >= 4 is 37.5 Å². The van der Waals surface area contributed by atoms with Gasteiger partial charge in [-0.15, -0.1) is 11.3 Å². The number of amides is 1. The maximum absolute atomic E-state index is 12.4. The molecular formula is C21H25N3O3S2. The Morgan fingerprint density at radius 2 is 1.79 bits per heavy atom. The Hall–Kier alpha value is -2.29. The van der Waals surface area contributed by atoms with Crippen LogP contribution in [-0.2, 0) is 27.8 Å². The molecule has 1 N–H and O–H groups in total. The lowest BCUT2D eigenvalue weighted by Gasteiger charge is -2.15. The van der Waals surface area contributed by atoms with Crippen LogP contribution in [0.3, 0.4) is 0 Å². The molecule has 1 aromatic heterocycles. The number of sulfonamides is 1. The van der Waals surface area contributed by atoms with Crippen LogP contribution in [0.15, 0.2) is 53.4 Å². The van der Waals surface area contributed by atoms with Gasteiger partial charge in [0.2, 0.25) is 15.9 Å². The van der Waals surface area contributed by atoms with Gasteiger partial charge in [-0.1, -0.05) is 30.3 Å². The molecule has 0 unspecified atom stereocenters. The number of fused-ring (bicyclic) bond motifs is 1. The third-order valence-electron chi connectivity index (χ3n) is 4.59. The summed E-state index contributed by atoms with van der Waals surface area (Å²) in [6, 6.07) is 14.8. The Kier molecular flexibility index (Phi) is 7.00. The first-order chi connectivity index (χ1) is 13.9. The topological polar surface area (TPSA) is 79.4 Å². The standard InChI is InChI=1S/C21H25N3O3S2/c1-24(2)29(26,27)19-12-6-3-9-16(19)15-22-20(25)13-7-8-14-21-23-17-10-4-5-11-18(17)28-21/h3-6,9-12H,7-8,13-15H2,1-2H3,(H,22,25). The lowest BCUT2D eigenvalue weighted by Crippen LogP contribution is -2.26. The number of nitrogens with zero attached hydrogens (tertiary/aromatic N) is 2. The first-order valence-electron chi connectivity index (χ1n) is 9.49. The van der Waals surface area contributed by atoms with E-state index in [9.17, 15) is 13.2 Å². The van der Waals surface area contributed by atoms with Gasteiger partial charge in [-0.05, 0) is 43.0 Å². The summed E-state index contributed by atoms with van der Waals surface area (Å²) in [6.07, 6.45) is 2.92. The van der Waals surface area contributed by atoms with E-state index in [0.717, 1.165) is 29.8 Å². The average Bonchev–Trinajstić information content (AvgIpc) is 3.12. The second-order valence-electron chi connectivity index (χ2n) is 6.95. The molecule has 2 aromatic carbocycles. The van der Waals surface area contributed by atoms with Crippen molar-refractivity contribution in [3.05, 3.63) is 59.1 Å². The molecule has 0 radical (unpaired) electrons. The van der Waals surface area contributed by atoms with Crippen LogP contribution in [0.2, 0.25) is 0 Å². The second kappa shape index (κ2) is 9.47. The van der Waals surface area contributed by atoms with Crippen LogP contribution in [0.1, 0.15) is 29.8 Å². The number of rotatable bonds is 9. The molecule has 0 aliphatic heterocycles. The predicted octanol–water partition coefficient (Wildman–Crippen LogP) is 3.58. The summed E-state index contributed by atoms with van der Waals surface area (Å²) >= 11 is 1.70. The monoisotopic (exact) mass is 431 g/mol. The van der Waals surface area contributed by atoms with Gasteiger partial charge in [-0.2, -0.15) is 0 Å². The number of unbranched alkanes of at least 4 members (excludes halogenated alkanes) is 1. The Morgan fingerprint density at radius 1 is 1.07 bits per heavy atom. The minimum Gasteiger partial charge on any atom is -0.352 e. The smallest absolute Gasteiger partial charge is 0.242 e. The van der Waals surface area contributed by atoms with Crippen LogP contribution in [0, 0.1) is 0 Å². The second-order valence-corrected chi connectivity index (χ2v) is 10.2. The zero-order valence-electron chi connectivity index (χ0n) is 16.6. The predicted molar refractivity (Wildman–Crippen MR) is 116 cm³/mol. The molecule has 154 valence electrons. The normalized spacial score (nSPS) is 11.8. The van der Waals surface area contributed by atoms with Crippen molar-refractivity contribution in [1.29, 1.82) is 0 Å². The number of hydrogen-bond donors (Lipinski definition) is 1. The highest BCUT2D eigenvalue weighted by molar-refractivity contribution is 7.89.